The SMILES string of the molecule is O=C1CC(CN2CCN(C3CCCC[NH2+]3)CC2)C2CC(O)C(C3CCCCC3)CC2O1. The molecular formula is C25H44N3O3+. The number of fused-ring (bicyclic) bond motifs is 1. The molecule has 0 radical (unpaired) electrons. The third kappa shape index (κ3) is 5.13. The molecule has 0 aromatic heterocycles. The Hall–Kier alpha value is -0.690. The first kappa shape index (κ1) is 22.1. The summed E-state index contributed by atoms with van der Waals surface area (Å²) in [5.74, 6) is 1.66. The van der Waals surface area contributed by atoms with Gasteiger partial charge < -0.3 is 20.1 Å². The van der Waals surface area contributed by atoms with Gasteiger partial charge in [0, 0.05) is 51.5 Å². The van der Waals surface area contributed by atoms with E-state index in [1.165, 1.54) is 57.9 Å². The molecule has 6 atom stereocenters. The van der Waals surface area contributed by atoms with Crippen molar-refractivity contribution in [3.63, 3.8) is 0 Å². The molecule has 0 aromatic carbocycles. The minimum Gasteiger partial charge on any atom is -0.462 e. The van der Waals surface area contributed by atoms with Crippen LogP contribution in [0.25, 0.3) is 0 Å². The molecule has 0 amide bonds. The van der Waals surface area contributed by atoms with Gasteiger partial charge in [-0.3, -0.25) is 9.69 Å². The maximum Gasteiger partial charge on any atom is 0.306 e. The van der Waals surface area contributed by atoms with E-state index in [1.807, 2.05) is 0 Å². The number of carbonyl (C=O) groups excluding carboxylic acids is 1. The fraction of sp³-hybridized carbons (Fsp3) is 0.960. The van der Waals surface area contributed by atoms with Crippen molar-refractivity contribution in [3.8, 4) is 0 Å². The second-order valence-electron chi connectivity index (χ2n) is 11.2. The van der Waals surface area contributed by atoms with Gasteiger partial charge in [-0.25, -0.2) is 0 Å². The lowest BCUT2D eigenvalue weighted by atomic mass is 9.64. The number of aliphatic hydroxyl groups is 1. The minimum absolute atomic E-state index is 0.000440. The average Bonchev–Trinajstić information content (AvgIpc) is 2.81. The van der Waals surface area contributed by atoms with Crippen LogP contribution in [0.5, 0.6) is 0 Å². The van der Waals surface area contributed by atoms with Gasteiger partial charge in [-0.2, -0.15) is 0 Å². The number of aliphatic hydroxyl groups excluding tert-OH is 1. The van der Waals surface area contributed by atoms with Crippen molar-refractivity contribution in [2.45, 2.75) is 89.0 Å². The van der Waals surface area contributed by atoms with Gasteiger partial charge in [-0.15, -0.1) is 0 Å². The van der Waals surface area contributed by atoms with E-state index >= 15 is 0 Å². The molecule has 0 spiro atoms. The molecular weight excluding hydrogens is 390 g/mol. The predicted molar refractivity (Wildman–Crippen MR) is 119 cm³/mol. The molecule has 0 bridgehead atoms. The second-order valence-corrected chi connectivity index (χ2v) is 11.2. The summed E-state index contributed by atoms with van der Waals surface area (Å²) in [5.41, 5.74) is 0. The molecule has 5 aliphatic rings. The van der Waals surface area contributed by atoms with Gasteiger partial charge >= 0.3 is 5.97 Å². The Morgan fingerprint density at radius 1 is 0.935 bits per heavy atom. The van der Waals surface area contributed by atoms with E-state index in [2.05, 4.69) is 15.1 Å². The highest BCUT2D eigenvalue weighted by molar-refractivity contribution is 5.71. The van der Waals surface area contributed by atoms with E-state index in [0.717, 1.165) is 45.6 Å². The van der Waals surface area contributed by atoms with Crippen LogP contribution in [-0.2, 0) is 9.53 Å². The summed E-state index contributed by atoms with van der Waals surface area (Å²) in [6.07, 6.45) is 13.3. The van der Waals surface area contributed by atoms with Crippen molar-refractivity contribution in [1.82, 2.24) is 9.80 Å². The lowest BCUT2D eigenvalue weighted by molar-refractivity contribution is -0.717. The topological polar surface area (TPSA) is 69.6 Å². The number of esters is 1. The summed E-state index contributed by atoms with van der Waals surface area (Å²) in [7, 11) is 0. The Balaban J connectivity index is 1.16. The zero-order chi connectivity index (χ0) is 21.2. The van der Waals surface area contributed by atoms with Crippen molar-refractivity contribution in [2.24, 2.45) is 23.7 Å². The molecule has 5 fully saturated rings. The third-order valence-corrected chi connectivity index (χ3v) is 9.32. The van der Waals surface area contributed by atoms with Crippen LogP contribution in [0.15, 0.2) is 0 Å². The highest BCUT2D eigenvalue weighted by Gasteiger charge is 2.47. The highest BCUT2D eigenvalue weighted by atomic mass is 16.5. The molecule has 3 aliphatic heterocycles. The van der Waals surface area contributed by atoms with Crippen molar-refractivity contribution in [1.29, 1.82) is 0 Å². The smallest absolute Gasteiger partial charge is 0.306 e. The van der Waals surface area contributed by atoms with Gasteiger partial charge in [-0.1, -0.05) is 32.1 Å². The Kier molecular flexibility index (Phi) is 7.18. The Bertz CT molecular complexity index is 597. The molecule has 0 aromatic rings. The van der Waals surface area contributed by atoms with E-state index in [-0.39, 0.29) is 18.2 Å². The third-order valence-electron chi connectivity index (χ3n) is 9.32. The highest BCUT2D eigenvalue weighted by Crippen LogP contribution is 2.45. The van der Waals surface area contributed by atoms with Crippen LogP contribution in [0.1, 0.15) is 70.6 Å². The first-order valence-electron chi connectivity index (χ1n) is 13.3. The molecule has 2 aliphatic carbocycles. The zero-order valence-corrected chi connectivity index (χ0v) is 19.3. The number of piperazine rings is 1. The van der Waals surface area contributed by atoms with Gasteiger partial charge in [0.2, 0.25) is 0 Å². The van der Waals surface area contributed by atoms with E-state index in [9.17, 15) is 9.90 Å². The summed E-state index contributed by atoms with van der Waals surface area (Å²) < 4.78 is 5.89. The van der Waals surface area contributed by atoms with Crippen molar-refractivity contribution in [3.05, 3.63) is 0 Å². The van der Waals surface area contributed by atoms with Crippen molar-refractivity contribution in [2.75, 3.05) is 39.3 Å². The normalized spacial score (nSPS) is 41.5. The van der Waals surface area contributed by atoms with E-state index in [4.69, 9.17) is 4.74 Å². The fourth-order valence-electron chi connectivity index (χ4n) is 7.56. The van der Waals surface area contributed by atoms with E-state index in [0.29, 0.717) is 36.3 Å². The summed E-state index contributed by atoms with van der Waals surface area (Å²) in [6, 6.07) is 0. The molecule has 6 heteroatoms. The first-order chi connectivity index (χ1) is 15.2. The van der Waals surface area contributed by atoms with Gasteiger partial charge in [-0.05, 0) is 43.4 Å². The van der Waals surface area contributed by atoms with Gasteiger partial charge in [0.15, 0.2) is 0 Å². The van der Waals surface area contributed by atoms with Gasteiger partial charge in [0.1, 0.15) is 12.3 Å². The number of hydrogen-bond acceptors (Lipinski definition) is 5. The Morgan fingerprint density at radius 3 is 2.45 bits per heavy atom. The maximum absolute atomic E-state index is 12.5. The Morgan fingerprint density at radius 2 is 1.71 bits per heavy atom. The second kappa shape index (κ2) is 10.1. The first-order valence-corrected chi connectivity index (χ1v) is 13.3. The molecule has 6 unspecified atom stereocenters. The zero-order valence-electron chi connectivity index (χ0n) is 19.3. The van der Waals surface area contributed by atoms with Crippen molar-refractivity contribution >= 4 is 5.97 Å². The molecule has 31 heavy (non-hydrogen) atoms. The van der Waals surface area contributed by atoms with E-state index in [1.54, 1.807) is 0 Å². The summed E-state index contributed by atoms with van der Waals surface area (Å²) >= 11 is 0. The molecule has 3 N–H and O–H groups in total. The molecule has 6 nitrogen and oxygen atoms in total. The average molecular weight is 435 g/mol. The van der Waals surface area contributed by atoms with Crippen LogP contribution in [0.2, 0.25) is 0 Å². The van der Waals surface area contributed by atoms with Crippen molar-refractivity contribution < 1.29 is 20.0 Å². The Labute approximate surface area is 188 Å². The number of carbonyl (C=O) groups is 1. The number of rotatable bonds is 4. The van der Waals surface area contributed by atoms with Crippen LogP contribution >= 0.6 is 0 Å². The van der Waals surface area contributed by atoms with Crippen LogP contribution in [-0.4, -0.2) is 78.5 Å². The largest absolute Gasteiger partial charge is 0.462 e. The number of nitrogens with two attached hydrogens (primary N) is 1. The van der Waals surface area contributed by atoms with Crippen LogP contribution in [0, 0.1) is 23.7 Å². The monoisotopic (exact) mass is 434 g/mol. The maximum atomic E-state index is 12.5. The van der Waals surface area contributed by atoms with Crippen LogP contribution in [0.4, 0.5) is 0 Å². The molecule has 5 rings (SSSR count). The number of nitrogens with zero attached hydrogens (tertiary/aromatic N) is 2. The summed E-state index contributed by atoms with van der Waals surface area (Å²) in [4.78, 5) is 17.7. The van der Waals surface area contributed by atoms with Gasteiger partial charge in [0.25, 0.3) is 0 Å². The summed E-state index contributed by atoms with van der Waals surface area (Å²) in [6.45, 7) is 6.81. The molecule has 3 saturated heterocycles. The predicted octanol–water partition coefficient (Wildman–Crippen LogP) is 1.58. The standard InChI is InChI=1S/C25H43N3O3/c29-22-15-21-19(17-27-10-12-28(13-11-27)24-8-4-5-9-26-24)14-25(30)31-23(21)16-20(22)18-6-2-1-3-7-18/h18-24,26,29H,1-17H2/p+1. The molecule has 176 valence electrons. The van der Waals surface area contributed by atoms with Gasteiger partial charge in [0.05, 0.1) is 12.6 Å². The van der Waals surface area contributed by atoms with E-state index < -0.39 is 0 Å². The molecule has 3 heterocycles. The lowest BCUT2D eigenvalue weighted by Gasteiger charge is -2.48. The summed E-state index contributed by atoms with van der Waals surface area (Å²) in [5, 5.41) is 13.6. The lowest BCUT2D eigenvalue weighted by Crippen LogP contribution is -2.95. The number of hydrogen-bond donors (Lipinski definition) is 2. The fourth-order valence-corrected chi connectivity index (χ4v) is 7.56. The number of piperidine rings is 1. The molecule has 2 saturated carbocycles. The van der Waals surface area contributed by atoms with Crippen LogP contribution < -0.4 is 5.32 Å². The quantitative estimate of drug-likeness (QED) is 0.658. The minimum atomic E-state index is -0.206. The van der Waals surface area contributed by atoms with Crippen LogP contribution in [0.3, 0.4) is 0 Å². The number of ether oxygens (including phenoxy) is 1. The number of quaternary nitrogens is 1.